The van der Waals surface area contributed by atoms with Crippen molar-refractivity contribution in [3.8, 4) is 5.75 Å². The number of benzene rings is 6. The zero-order valence-corrected chi connectivity index (χ0v) is 33.1. The molecule has 9 nitrogen and oxygen atoms in total. The lowest BCUT2D eigenvalue weighted by Gasteiger charge is -2.44. The second kappa shape index (κ2) is 19.7. The predicted octanol–water partition coefficient (Wildman–Crippen LogP) is 9.19. The van der Waals surface area contributed by atoms with Crippen molar-refractivity contribution in [3.05, 3.63) is 209 Å². The molecule has 1 heterocycles. The van der Waals surface area contributed by atoms with E-state index in [0.29, 0.717) is 17.7 Å². The molecule has 1 aliphatic heterocycles. The zero-order chi connectivity index (χ0) is 41.0. The van der Waals surface area contributed by atoms with E-state index >= 15 is 0 Å². The van der Waals surface area contributed by atoms with E-state index in [4.69, 9.17) is 23.7 Å². The summed E-state index contributed by atoms with van der Waals surface area (Å²) in [7, 11) is 0. The van der Waals surface area contributed by atoms with Crippen molar-refractivity contribution in [1.82, 2.24) is 0 Å². The molecule has 0 amide bonds. The third kappa shape index (κ3) is 10.5. The zero-order valence-electron chi connectivity index (χ0n) is 32.3. The molecule has 1 aliphatic rings. The number of ether oxygens (including phenoxy) is 5. The highest BCUT2D eigenvalue weighted by Crippen LogP contribution is 2.41. The molecule has 2 unspecified atom stereocenters. The van der Waals surface area contributed by atoms with Crippen molar-refractivity contribution in [2.45, 2.75) is 48.8 Å². The number of thioether (sulfide) groups is 1. The van der Waals surface area contributed by atoms with Gasteiger partial charge in [0.05, 0.1) is 27.5 Å². The van der Waals surface area contributed by atoms with Crippen LogP contribution in [0.3, 0.4) is 0 Å². The van der Waals surface area contributed by atoms with Gasteiger partial charge in [0.25, 0.3) is 0 Å². The molecular weight excluding hydrogens is 765 g/mol. The fourth-order valence-electron chi connectivity index (χ4n) is 6.62. The predicted molar refractivity (Wildman–Crippen MR) is 225 cm³/mol. The van der Waals surface area contributed by atoms with Crippen molar-refractivity contribution in [2.75, 3.05) is 6.61 Å². The molecule has 59 heavy (non-hydrogen) atoms. The summed E-state index contributed by atoms with van der Waals surface area (Å²) in [6.07, 6.45) is -2.63. The molecule has 1 saturated heterocycles. The molecular formula is C49H42O9S. The summed E-state index contributed by atoms with van der Waals surface area (Å²) in [5.74, 6) is -2.29. The summed E-state index contributed by atoms with van der Waals surface area (Å²) in [5, 5.41) is -0.880. The molecule has 0 radical (unpaired) electrons. The number of esters is 4. The lowest BCUT2D eigenvalue weighted by atomic mass is 10.0. The molecule has 0 aliphatic carbocycles. The lowest BCUT2D eigenvalue weighted by Crippen LogP contribution is -2.60. The fraction of sp³-hybridized carbons (Fsp3) is 0.184. The molecule has 0 bridgehead atoms. The van der Waals surface area contributed by atoms with Crippen molar-refractivity contribution in [1.29, 1.82) is 0 Å². The maximum absolute atomic E-state index is 14.0. The molecule has 5 atom stereocenters. The van der Waals surface area contributed by atoms with E-state index in [1.807, 2.05) is 24.3 Å². The quantitative estimate of drug-likeness (QED) is 0.0780. The van der Waals surface area contributed by atoms with Crippen LogP contribution in [0.5, 0.6) is 5.75 Å². The molecule has 7 rings (SSSR count). The van der Waals surface area contributed by atoms with Gasteiger partial charge in [-0.3, -0.25) is 0 Å². The van der Waals surface area contributed by atoms with Gasteiger partial charge in [-0.25, -0.2) is 19.2 Å². The third-order valence-corrected chi connectivity index (χ3v) is 11.2. The Kier molecular flexibility index (Phi) is 13.5. The highest BCUT2D eigenvalue weighted by molar-refractivity contribution is 8.00. The van der Waals surface area contributed by atoms with Gasteiger partial charge >= 0.3 is 23.9 Å². The second-order valence-corrected chi connectivity index (χ2v) is 15.1. The van der Waals surface area contributed by atoms with Gasteiger partial charge in [0.15, 0.2) is 23.7 Å². The van der Waals surface area contributed by atoms with E-state index in [2.05, 4.69) is 31.2 Å². The number of rotatable bonds is 14. The molecule has 0 aromatic heterocycles. The van der Waals surface area contributed by atoms with E-state index in [-0.39, 0.29) is 23.3 Å². The first-order chi connectivity index (χ1) is 28.9. The topological polar surface area (TPSA) is 114 Å². The van der Waals surface area contributed by atoms with Gasteiger partial charge in [-0.05, 0) is 77.7 Å². The Morgan fingerprint density at radius 3 is 1.41 bits per heavy atom. The minimum absolute atomic E-state index is 0.218. The van der Waals surface area contributed by atoms with Gasteiger partial charge in [-0.15, -0.1) is 11.8 Å². The van der Waals surface area contributed by atoms with Crippen LogP contribution >= 0.6 is 11.8 Å². The Bertz CT molecular complexity index is 2320. The molecule has 1 fully saturated rings. The number of aryl methyl sites for hydroxylation is 1. The van der Waals surface area contributed by atoms with Crippen LogP contribution in [0.25, 0.3) is 0 Å². The summed E-state index contributed by atoms with van der Waals surface area (Å²) in [4.78, 5) is 55.2. The second-order valence-electron chi connectivity index (χ2n) is 13.8. The molecule has 6 aromatic carbocycles. The Morgan fingerprint density at radius 1 is 0.475 bits per heavy atom. The standard InChI is InChI=1S/C49H42O9S/c1-2-33-27-29-34(30-28-33)31-39-25-15-16-26-40(39)55-49-44(58-48(53)38-23-13-6-14-24-38)43(57-47(52)37-21-11-5-12-22-37)42(56-46(51)36-19-9-4-10-20-36)41(59-49)32-54-45(50)35-17-7-3-8-18-35/h3-30,41-44,49H,2,31-32H2,1H3/t41?,42-,43+,44?,49+/m1/s1. The minimum Gasteiger partial charge on any atom is -0.475 e. The van der Waals surface area contributed by atoms with Gasteiger partial charge in [0.2, 0.25) is 0 Å². The van der Waals surface area contributed by atoms with Gasteiger partial charge in [-0.2, -0.15) is 0 Å². The summed E-state index contributed by atoms with van der Waals surface area (Å²) >= 11 is 1.16. The Morgan fingerprint density at radius 2 is 0.898 bits per heavy atom. The van der Waals surface area contributed by atoms with Crippen LogP contribution < -0.4 is 4.74 Å². The largest absolute Gasteiger partial charge is 0.475 e. The molecule has 0 N–H and O–H groups in total. The number of hydrogen-bond acceptors (Lipinski definition) is 10. The first-order valence-electron chi connectivity index (χ1n) is 19.3. The Hall–Kier alpha value is -6.65. The highest BCUT2D eigenvalue weighted by Gasteiger charge is 2.54. The molecule has 298 valence electrons. The highest BCUT2D eigenvalue weighted by atomic mass is 32.2. The lowest BCUT2D eigenvalue weighted by molar-refractivity contribution is -0.111. The van der Waals surface area contributed by atoms with Crippen LogP contribution in [0, 0.1) is 0 Å². The van der Waals surface area contributed by atoms with Crippen LogP contribution in [-0.4, -0.2) is 59.5 Å². The monoisotopic (exact) mass is 806 g/mol. The van der Waals surface area contributed by atoms with E-state index in [0.717, 1.165) is 29.3 Å². The fourth-order valence-corrected chi connectivity index (χ4v) is 8.01. The SMILES string of the molecule is CCc1ccc(Cc2ccccc2O[C@H]2SC(COC(=O)c3ccccc3)[C@@H](OC(=O)c3ccccc3)[C@H](OC(=O)c3ccccc3)C2OC(=O)c2ccccc2)cc1. The normalized spacial score (nSPS) is 18.5. The Labute approximate surface area is 347 Å². The van der Waals surface area contributed by atoms with Crippen molar-refractivity contribution < 1.29 is 42.9 Å². The van der Waals surface area contributed by atoms with Crippen LogP contribution in [0.1, 0.15) is 65.0 Å². The maximum Gasteiger partial charge on any atom is 0.338 e. The van der Waals surface area contributed by atoms with Gasteiger partial charge in [0.1, 0.15) is 12.4 Å². The van der Waals surface area contributed by atoms with E-state index in [1.54, 1.807) is 121 Å². The number of carbonyl (C=O) groups excluding carboxylic acids is 4. The summed E-state index contributed by atoms with van der Waals surface area (Å²) in [6, 6.07) is 49.5. The van der Waals surface area contributed by atoms with E-state index in [9.17, 15) is 19.2 Å². The molecule has 0 saturated carbocycles. The van der Waals surface area contributed by atoms with Crippen LogP contribution in [0.15, 0.2) is 170 Å². The summed E-state index contributed by atoms with van der Waals surface area (Å²) in [6.45, 7) is 1.82. The van der Waals surface area contributed by atoms with E-state index in [1.165, 1.54) is 5.56 Å². The smallest absolute Gasteiger partial charge is 0.338 e. The van der Waals surface area contributed by atoms with E-state index < -0.39 is 52.9 Å². The van der Waals surface area contributed by atoms with Gasteiger partial charge < -0.3 is 23.7 Å². The van der Waals surface area contributed by atoms with Crippen molar-refractivity contribution in [3.63, 3.8) is 0 Å². The summed E-state index contributed by atoms with van der Waals surface area (Å²) < 4.78 is 31.5. The molecule has 0 spiro atoms. The van der Waals surface area contributed by atoms with Crippen LogP contribution in [0.4, 0.5) is 0 Å². The minimum atomic E-state index is -1.44. The number of hydrogen-bond donors (Lipinski definition) is 0. The van der Waals surface area contributed by atoms with Crippen molar-refractivity contribution in [2.24, 2.45) is 0 Å². The molecule has 6 aromatic rings. The third-order valence-electron chi connectivity index (χ3n) is 9.78. The average molecular weight is 807 g/mol. The molecule has 10 heteroatoms. The Balaban J connectivity index is 1.30. The first kappa shape index (κ1) is 40.5. The average Bonchev–Trinajstić information content (AvgIpc) is 3.29. The maximum atomic E-state index is 14.0. The number of para-hydroxylation sites is 1. The van der Waals surface area contributed by atoms with Crippen LogP contribution in [0.2, 0.25) is 0 Å². The van der Waals surface area contributed by atoms with Gasteiger partial charge in [0, 0.05) is 6.42 Å². The first-order valence-corrected chi connectivity index (χ1v) is 20.3. The van der Waals surface area contributed by atoms with Crippen LogP contribution in [-0.2, 0) is 31.8 Å². The number of carbonyl (C=O) groups is 4. The van der Waals surface area contributed by atoms with Crippen molar-refractivity contribution >= 4 is 35.6 Å². The summed E-state index contributed by atoms with van der Waals surface area (Å²) in [5.41, 5.74) is 3.10. The van der Waals surface area contributed by atoms with Gasteiger partial charge in [-0.1, -0.05) is 122 Å².